The van der Waals surface area contributed by atoms with Crippen molar-refractivity contribution >= 4 is 17.5 Å². The molecule has 0 bridgehead atoms. The molecular formula is C28H26FN5O2. The molecule has 0 radical (unpaired) electrons. The van der Waals surface area contributed by atoms with Crippen LogP contribution in [0.25, 0.3) is 11.4 Å². The lowest BCUT2D eigenvalue weighted by atomic mass is 10.0. The number of fused-ring (bicyclic) bond motifs is 1. The van der Waals surface area contributed by atoms with E-state index in [2.05, 4.69) is 25.4 Å². The van der Waals surface area contributed by atoms with Crippen LogP contribution in [0.1, 0.15) is 47.1 Å². The van der Waals surface area contributed by atoms with Crippen LogP contribution < -0.4 is 10.6 Å². The number of carbonyl (C=O) groups is 2. The van der Waals surface area contributed by atoms with Crippen molar-refractivity contribution in [1.29, 1.82) is 0 Å². The molecule has 0 saturated carbocycles. The summed E-state index contributed by atoms with van der Waals surface area (Å²) in [5.41, 5.74) is 1.68. The predicted octanol–water partition coefficient (Wildman–Crippen LogP) is 4.92. The van der Waals surface area contributed by atoms with E-state index in [0.29, 0.717) is 22.5 Å². The lowest BCUT2D eigenvalue weighted by Gasteiger charge is -2.19. The molecular weight excluding hydrogens is 457 g/mol. The van der Waals surface area contributed by atoms with Gasteiger partial charge in [-0.3, -0.25) is 9.59 Å². The highest BCUT2D eigenvalue weighted by atomic mass is 19.1. The normalized spacial score (nSPS) is 13.8. The fourth-order valence-electron chi connectivity index (χ4n) is 4.41. The molecule has 2 N–H and O–H groups in total. The van der Waals surface area contributed by atoms with Gasteiger partial charge < -0.3 is 15.2 Å². The Morgan fingerprint density at radius 3 is 2.42 bits per heavy atom. The number of benzene rings is 3. The molecule has 1 unspecified atom stereocenters. The van der Waals surface area contributed by atoms with E-state index in [1.54, 1.807) is 60.7 Å². The largest absolute Gasteiger partial charge is 0.336 e. The van der Waals surface area contributed by atoms with E-state index >= 15 is 0 Å². The van der Waals surface area contributed by atoms with E-state index in [4.69, 9.17) is 0 Å². The van der Waals surface area contributed by atoms with Gasteiger partial charge in [0.2, 0.25) is 0 Å². The van der Waals surface area contributed by atoms with Crippen molar-refractivity contribution in [2.75, 3.05) is 5.32 Å². The molecule has 2 heterocycles. The van der Waals surface area contributed by atoms with Gasteiger partial charge in [0.15, 0.2) is 5.82 Å². The van der Waals surface area contributed by atoms with Crippen molar-refractivity contribution in [2.24, 2.45) is 0 Å². The Bertz CT molecular complexity index is 1370. The zero-order chi connectivity index (χ0) is 24.9. The van der Waals surface area contributed by atoms with Gasteiger partial charge in [-0.15, -0.1) is 10.2 Å². The lowest BCUT2D eigenvalue weighted by molar-refractivity contribution is -0.118. The SMILES string of the molecule is O=C(NC(C(=O)Nc1cc(-c2nnc3n2CCCCC3)ccc1F)c1ccccc1)c1ccccc1. The highest BCUT2D eigenvalue weighted by Gasteiger charge is 2.25. The van der Waals surface area contributed by atoms with Crippen LogP contribution in [0.2, 0.25) is 0 Å². The predicted molar refractivity (Wildman–Crippen MR) is 135 cm³/mol. The molecule has 8 heteroatoms. The second-order valence-corrected chi connectivity index (χ2v) is 8.77. The molecule has 1 aromatic heterocycles. The number of hydrogen-bond acceptors (Lipinski definition) is 4. The Morgan fingerprint density at radius 1 is 0.889 bits per heavy atom. The third-order valence-electron chi connectivity index (χ3n) is 6.30. The van der Waals surface area contributed by atoms with Crippen molar-refractivity contribution in [3.8, 4) is 11.4 Å². The van der Waals surface area contributed by atoms with Crippen LogP contribution in [-0.2, 0) is 17.8 Å². The number of rotatable bonds is 6. The van der Waals surface area contributed by atoms with Crippen LogP contribution in [0.5, 0.6) is 0 Å². The first-order valence-electron chi connectivity index (χ1n) is 12.0. The maximum absolute atomic E-state index is 14.8. The lowest BCUT2D eigenvalue weighted by Crippen LogP contribution is -2.37. The molecule has 1 aliphatic rings. The number of aromatic nitrogens is 3. The highest BCUT2D eigenvalue weighted by molar-refractivity contribution is 6.01. The molecule has 5 rings (SSSR count). The molecule has 36 heavy (non-hydrogen) atoms. The Hall–Kier alpha value is -4.33. The summed E-state index contributed by atoms with van der Waals surface area (Å²) in [5.74, 6) is 0.0371. The smallest absolute Gasteiger partial charge is 0.252 e. The third kappa shape index (κ3) is 5.02. The number of amides is 2. The van der Waals surface area contributed by atoms with Gasteiger partial charge in [-0.2, -0.15) is 0 Å². The highest BCUT2D eigenvalue weighted by Crippen LogP contribution is 2.27. The van der Waals surface area contributed by atoms with Crippen molar-refractivity contribution in [3.63, 3.8) is 0 Å². The quantitative estimate of drug-likeness (QED) is 0.407. The van der Waals surface area contributed by atoms with Gasteiger partial charge in [0, 0.05) is 24.1 Å². The van der Waals surface area contributed by atoms with Crippen LogP contribution in [0.3, 0.4) is 0 Å². The minimum absolute atomic E-state index is 0.0124. The van der Waals surface area contributed by atoms with E-state index in [9.17, 15) is 14.0 Å². The Balaban J connectivity index is 1.42. The molecule has 0 fully saturated rings. The molecule has 1 aliphatic heterocycles. The minimum Gasteiger partial charge on any atom is -0.336 e. The first-order chi connectivity index (χ1) is 17.6. The van der Waals surface area contributed by atoms with Gasteiger partial charge in [0.25, 0.3) is 11.8 Å². The average molecular weight is 484 g/mol. The third-order valence-corrected chi connectivity index (χ3v) is 6.30. The number of aryl methyl sites for hydroxylation is 1. The Kier molecular flexibility index (Phi) is 6.84. The van der Waals surface area contributed by atoms with Crippen LogP contribution in [-0.4, -0.2) is 26.6 Å². The zero-order valence-electron chi connectivity index (χ0n) is 19.7. The van der Waals surface area contributed by atoms with Crippen LogP contribution in [0.4, 0.5) is 10.1 Å². The van der Waals surface area contributed by atoms with Gasteiger partial charge in [0.05, 0.1) is 5.69 Å². The Labute approximate surface area is 208 Å². The molecule has 0 spiro atoms. The molecule has 0 saturated heterocycles. The first kappa shape index (κ1) is 23.4. The summed E-state index contributed by atoms with van der Waals surface area (Å²) in [6.07, 6.45) is 4.09. The van der Waals surface area contributed by atoms with Crippen molar-refractivity contribution in [1.82, 2.24) is 20.1 Å². The number of nitrogens with one attached hydrogen (secondary N) is 2. The molecule has 4 aromatic rings. The van der Waals surface area contributed by atoms with Crippen molar-refractivity contribution < 1.29 is 14.0 Å². The standard InChI is InChI=1S/C28H26FN5O2/c29-22-16-15-21(26-33-32-24-14-8-3-9-17-34(24)26)18-23(22)30-28(36)25(19-10-4-1-5-11-19)31-27(35)20-12-6-2-7-13-20/h1-2,4-7,10-13,15-16,18,25H,3,8-9,14,17H2,(H,30,36)(H,31,35). The molecule has 1 atom stereocenters. The second-order valence-electron chi connectivity index (χ2n) is 8.77. The molecule has 0 aliphatic carbocycles. The molecule has 2 amide bonds. The summed E-state index contributed by atoms with van der Waals surface area (Å²) in [4.78, 5) is 26.2. The maximum atomic E-state index is 14.8. The fourth-order valence-corrected chi connectivity index (χ4v) is 4.41. The summed E-state index contributed by atoms with van der Waals surface area (Å²) in [7, 11) is 0. The second kappa shape index (κ2) is 10.5. The van der Waals surface area contributed by atoms with Crippen molar-refractivity contribution in [2.45, 2.75) is 38.3 Å². The number of hydrogen-bond donors (Lipinski definition) is 2. The fraction of sp³-hybridized carbons (Fsp3) is 0.214. The molecule has 182 valence electrons. The topological polar surface area (TPSA) is 88.9 Å². The van der Waals surface area contributed by atoms with E-state index in [-0.39, 0.29) is 5.69 Å². The number of carbonyl (C=O) groups excluding carboxylic acids is 2. The zero-order valence-corrected chi connectivity index (χ0v) is 19.7. The first-order valence-corrected chi connectivity index (χ1v) is 12.0. The van der Waals surface area contributed by atoms with Crippen LogP contribution >= 0.6 is 0 Å². The van der Waals surface area contributed by atoms with Gasteiger partial charge >= 0.3 is 0 Å². The summed E-state index contributed by atoms with van der Waals surface area (Å²) in [6.45, 7) is 0.804. The monoisotopic (exact) mass is 483 g/mol. The maximum Gasteiger partial charge on any atom is 0.252 e. The number of anilines is 1. The van der Waals surface area contributed by atoms with Gasteiger partial charge in [-0.05, 0) is 48.7 Å². The molecule has 3 aromatic carbocycles. The van der Waals surface area contributed by atoms with Gasteiger partial charge in [-0.25, -0.2) is 4.39 Å². The average Bonchev–Trinajstić information content (AvgIpc) is 3.17. The minimum atomic E-state index is -1.02. The Morgan fingerprint density at radius 2 is 1.64 bits per heavy atom. The van der Waals surface area contributed by atoms with Crippen molar-refractivity contribution in [3.05, 3.63) is 102 Å². The van der Waals surface area contributed by atoms with Crippen LogP contribution in [0, 0.1) is 5.82 Å². The van der Waals surface area contributed by atoms with Gasteiger partial charge in [-0.1, -0.05) is 55.0 Å². The number of nitrogens with zero attached hydrogens (tertiary/aromatic N) is 3. The van der Waals surface area contributed by atoms with Gasteiger partial charge in [0.1, 0.15) is 17.7 Å². The van der Waals surface area contributed by atoms with E-state index in [1.165, 1.54) is 6.07 Å². The summed E-state index contributed by atoms with van der Waals surface area (Å²) < 4.78 is 16.9. The summed E-state index contributed by atoms with van der Waals surface area (Å²) in [5, 5.41) is 14.1. The summed E-state index contributed by atoms with van der Waals surface area (Å²) >= 11 is 0. The van der Waals surface area contributed by atoms with E-state index in [0.717, 1.165) is 38.1 Å². The van der Waals surface area contributed by atoms with Crippen LogP contribution in [0.15, 0.2) is 78.9 Å². The molecule has 7 nitrogen and oxygen atoms in total. The van der Waals surface area contributed by atoms with E-state index in [1.807, 2.05) is 12.1 Å². The summed E-state index contributed by atoms with van der Waals surface area (Å²) in [6, 6.07) is 21.0. The van der Waals surface area contributed by atoms with E-state index < -0.39 is 23.7 Å². The number of halogens is 1.